The minimum atomic E-state index is 0.666. The molecular weight excluding hydrogens is 220 g/mol. The monoisotopic (exact) mass is 242 g/mol. The van der Waals surface area contributed by atoms with E-state index in [0.717, 1.165) is 23.3 Å². The van der Waals surface area contributed by atoms with Crippen LogP contribution in [0.2, 0.25) is 0 Å². The number of H-pyrrole nitrogens is 1. The van der Waals surface area contributed by atoms with Gasteiger partial charge in [0.2, 0.25) is 5.16 Å². The highest BCUT2D eigenvalue weighted by Gasteiger charge is 2.05. The predicted octanol–water partition coefficient (Wildman–Crippen LogP) is 2.37. The number of nitrogens with zero attached hydrogens (tertiary/aromatic N) is 2. The zero-order valence-corrected chi connectivity index (χ0v) is 11.2. The zero-order chi connectivity index (χ0) is 11.8. The van der Waals surface area contributed by atoms with Crippen molar-refractivity contribution in [3.05, 3.63) is 5.82 Å². The van der Waals surface area contributed by atoms with Gasteiger partial charge in [-0.05, 0) is 32.7 Å². The van der Waals surface area contributed by atoms with Gasteiger partial charge in [0, 0.05) is 11.8 Å². The molecule has 1 atom stereocenters. The molecule has 0 aliphatic carbocycles. The van der Waals surface area contributed by atoms with Crippen molar-refractivity contribution < 1.29 is 0 Å². The largest absolute Gasteiger partial charge is 0.314 e. The van der Waals surface area contributed by atoms with Crippen LogP contribution in [0, 0.1) is 6.92 Å². The van der Waals surface area contributed by atoms with Gasteiger partial charge in [-0.25, -0.2) is 4.98 Å². The van der Waals surface area contributed by atoms with Gasteiger partial charge in [-0.2, -0.15) is 0 Å². The number of aromatic amines is 1. The molecule has 0 bridgehead atoms. The molecule has 0 spiro atoms. The van der Waals surface area contributed by atoms with Crippen LogP contribution in [0.3, 0.4) is 0 Å². The van der Waals surface area contributed by atoms with E-state index in [1.54, 1.807) is 11.8 Å². The van der Waals surface area contributed by atoms with Crippen LogP contribution >= 0.6 is 11.8 Å². The predicted molar refractivity (Wildman–Crippen MR) is 68.8 cm³/mol. The summed E-state index contributed by atoms with van der Waals surface area (Å²) in [7, 11) is 0. The Morgan fingerprint density at radius 3 is 2.81 bits per heavy atom. The lowest BCUT2D eigenvalue weighted by Crippen LogP contribution is -2.28. The molecule has 0 aliphatic heterocycles. The molecule has 16 heavy (non-hydrogen) atoms. The Labute approximate surface area is 102 Å². The van der Waals surface area contributed by atoms with E-state index >= 15 is 0 Å². The highest BCUT2D eigenvalue weighted by atomic mass is 32.2. The summed E-state index contributed by atoms with van der Waals surface area (Å²) >= 11 is 1.73. The Morgan fingerprint density at radius 2 is 2.25 bits per heavy atom. The van der Waals surface area contributed by atoms with Gasteiger partial charge in [-0.15, -0.1) is 5.10 Å². The third-order valence-corrected chi connectivity index (χ3v) is 3.42. The Bertz CT molecular complexity index is 287. The van der Waals surface area contributed by atoms with E-state index in [2.05, 4.69) is 34.3 Å². The molecule has 1 rings (SSSR count). The molecule has 0 saturated heterocycles. The first-order valence-electron chi connectivity index (χ1n) is 6.01. The molecule has 5 heteroatoms. The van der Waals surface area contributed by atoms with Crippen molar-refractivity contribution in [2.45, 2.75) is 51.2 Å². The average Bonchev–Trinajstić information content (AvgIpc) is 2.69. The fourth-order valence-corrected chi connectivity index (χ4v) is 2.42. The second-order valence-corrected chi connectivity index (χ2v) is 4.92. The lowest BCUT2D eigenvalue weighted by molar-refractivity contribution is 0.477. The molecule has 1 unspecified atom stereocenters. The second-order valence-electron chi connectivity index (χ2n) is 3.86. The zero-order valence-electron chi connectivity index (χ0n) is 10.4. The van der Waals surface area contributed by atoms with Crippen molar-refractivity contribution in [2.75, 3.05) is 12.3 Å². The quantitative estimate of drug-likeness (QED) is 0.543. The standard InChI is InChI=1S/C11H22N4S/c1-4-10(12-5-2)7-6-8-16-11-13-9(3)14-15-11/h10,12H,4-8H2,1-3H3,(H,13,14,15). The minimum Gasteiger partial charge on any atom is -0.314 e. The number of nitrogens with one attached hydrogen (secondary N) is 2. The van der Waals surface area contributed by atoms with Crippen molar-refractivity contribution in [1.82, 2.24) is 20.5 Å². The number of hydrogen-bond donors (Lipinski definition) is 2. The van der Waals surface area contributed by atoms with E-state index in [4.69, 9.17) is 0 Å². The average molecular weight is 242 g/mol. The van der Waals surface area contributed by atoms with Gasteiger partial charge in [0.1, 0.15) is 5.82 Å². The summed E-state index contributed by atoms with van der Waals surface area (Å²) in [6.07, 6.45) is 3.66. The molecule has 0 fully saturated rings. The highest BCUT2D eigenvalue weighted by molar-refractivity contribution is 7.99. The molecule has 0 radical (unpaired) electrons. The van der Waals surface area contributed by atoms with Crippen molar-refractivity contribution in [2.24, 2.45) is 0 Å². The highest BCUT2D eigenvalue weighted by Crippen LogP contribution is 2.15. The van der Waals surface area contributed by atoms with E-state index < -0.39 is 0 Å². The van der Waals surface area contributed by atoms with Gasteiger partial charge in [0.15, 0.2) is 0 Å². The molecule has 0 amide bonds. The molecule has 2 N–H and O–H groups in total. The van der Waals surface area contributed by atoms with E-state index in [1.165, 1.54) is 19.3 Å². The molecule has 0 saturated carbocycles. The van der Waals surface area contributed by atoms with Crippen LogP contribution in [0.1, 0.15) is 38.9 Å². The molecule has 0 aromatic carbocycles. The van der Waals surface area contributed by atoms with Gasteiger partial charge in [-0.3, -0.25) is 5.10 Å². The summed E-state index contributed by atoms with van der Waals surface area (Å²) in [5, 5.41) is 11.3. The molecule has 4 nitrogen and oxygen atoms in total. The third-order valence-electron chi connectivity index (χ3n) is 2.49. The van der Waals surface area contributed by atoms with Crippen LogP contribution in [0.15, 0.2) is 5.16 Å². The van der Waals surface area contributed by atoms with E-state index in [9.17, 15) is 0 Å². The number of aryl methyl sites for hydroxylation is 1. The maximum atomic E-state index is 4.26. The molecule has 0 aliphatic rings. The summed E-state index contributed by atoms with van der Waals surface area (Å²) in [6.45, 7) is 7.38. The Hall–Kier alpha value is -0.550. The van der Waals surface area contributed by atoms with Crippen LogP contribution in [0.5, 0.6) is 0 Å². The van der Waals surface area contributed by atoms with Crippen LogP contribution in [-0.4, -0.2) is 33.5 Å². The molecule has 1 aromatic rings. The van der Waals surface area contributed by atoms with E-state index in [1.807, 2.05) is 6.92 Å². The molecular formula is C11H22N4S. The lowest BCUT2D eigenvalue weighted by Gasteiger charge is -2.14. The molecule has 1 heterocycles. The van der Waals surface area contributed by atoms with Crippen molar-refractivity contribution in [1.29, 1.82) is 0 Å². The van der Waals surface area contributed by atoms with Crippen molar-refractivity contribution in [3.63, 3.8) is 0 Å². The minimum absolute atomic E-state index is 0.666. The van der Waals surface area contributed by atoms with Crippen LogP contribution < -0.4 is 5.32 Å². The molecule has 92 valence electrons. The van der Waals surface area contributed by atoms with Gasteiger partial charge >= 0.3 is 0 Å². The topological polar surface area (TPSA) is 53.6 Å². The Balaban J connectivity index is 2.11. The third kappa shape index (κ3) is 4.99. The van der Waals surface area contributed by atoms with Crippen LogP contribution in [-0.2, 0) is 0 Å². The summed E-state index contributed by atoms with van der Waals surface area (Å²) < 4.78 is 0. The Morgan fingerprint density at radius 1 is 1.44 bits per heavy atom. The SMILES string of the molecule is CCNC(CC)CCCSc1n[nH]c(C)n1. The second kappa shape index (κ2) is 7.68. The van der Waals surface area contributed by atoms with Gasteiger partial charge < -0.3 is 5.32 Å². The van der Waals surface area contributed by atoms with Crippen molar-refractivity contribution >= 4 is 11.8 Å². The molecule has 1 aromatic heterocycles. The summed E-state index contributed by atoms with van der Waals surface area (Å²) in [4.78, 5) is 4.26. The van der Waals surface area contributed by atoms with Crippen LogP contribution in [0.25, 0.3) is 0 Å². The first-order chi connectivity index (χ1) is 7.76. The van der Waals surface area contributed by atoms with Crippen molar-refractivity contribution in [3.8, 4) is 0 Å². The van der Waals surface area contributed by atoms with E-state index in [0.29, 0.717) is 6.04 Å². The normalized spacial score (nSPS) is 12.9. The maximum Gasteiger partial charge on any atom is 0.208 e. The summed E-state index contributed by atoms with van der Waals surface area (Å²) in [6, 6.07) is 0.666. The number of hydrogen-bond acceptors (Lipinski definition) is 4. The fraction of sp³-hybridized carbons (Fsp3) is 0.818. The summed E-state index contributed by atoms with van der Waals surface area (Å²) in [5.74, 6) is 1.99. The lowest BCUT2D eigenvalue weighted by atomic mass is 10.1. The van der Waals surface area contributed by atoms with Crippen LogP contribution in [0.4, 0.5) is 0 Å². The number of rotatable bonds is 8. The summed E-state index contributed by atoms with van der Waals surface area (Å²) in [5.41, 5.74) is 0. The Kier molecular flexibility index (Phi) is 6.49. The van der Waals surface area contributed by atoms with E-state index in [-0.39, 0.29) is 0 Å². The number of thioether (sulfide) groups is 1. The van der Waals surface area contributed by atoms with Gasteiger partial charge in [0.25, 0.3) is 0 Å². The first-order valence-corrected chi connectivity index (χ1v) is 7.00. The fourth-order valence-electron chi connectivity index (χ4n) is 1.62. The number of aromatic nitrogens is 3. The van der Waals surface area contributed by atoms with Gasteiger partial charge in [0.05, 0.1) is 0 Å². The smallest absolute Gasteiger partial charge is 0.208 e. The van der Waals surface area contributed by atoms with Gasteiger partial charge in [-0.1, -0.05) is 25.6 Å². The maximum absolute atomic E-state index is 4.26. The first kappa shape index (κ1) is 13.5.